The molecule has 0 aromatic carbocycles. The van der Waals surface area contributed by atoms with Gasteiger partial charge in [-0.05, 0) is 42.0 Å². The molecular formula is C13H23N7. The van der Waals surface area contributed by atoms with E-state index in [1.807, 2.05) is 4.68 Å². The van der Waals surface area contributed by atoms with Crippen LogP contribution in [0.15, 0.2) is 4.99 Å². The quantitative estimate of drug-likeness (QED) is 0.649. The number of aliphatic imine (C=N–C) groups is 1. The van der Waals surface area contributed by atoms with Crippen molar-refractivity contribution < 1.29 is 0 Å². The summed E-state index contributed by atoms with van der Waals surface area (Å²) >= 11 is 0. The zero-order valence-electron chi connectivity index (χ0n) is 11.9. The zero-order chi connectivity index (χ0) is 13.8. The molecule has 0 spiro atoms. The summed E-state index contributed by atoms with van der Waals surface area (Å²) in [4.78, 5) is 6.66. The first-order valence-corrected chi connectivity index (χ1v) is 7.63. The molecule has 0 atom stereocenters. The lowest BCUT2D eigenvalue weighted by molar-refractivity contribution is 0.427. The standard InChI is InChI=1S/C13H23N7/c14-13(19-7-3-1-2-4-8-19)15-9-12-16-17-18-20(12)10-11-5-6-11/h11H,1-10H2,(H2,14,15). The third-order valence-corrected chi connectivity index (χ3v) is 4.05. The van der Waals surface area contributed by atoms with Crippen molar-refractivity contribution in [1.29, 1.82) is 0 Å². The molecule has 0 amide bonds. The van der Waals surface area contributed by atoms with Crippen LogP contribution in [0.5, 0.6) is 0 Å². The molecule has 2 N–H and O–H groups in total. The highest BCUT2D eigenvalue weighted by Gasteiger charge is 2.23. The molecule has 110 valence electrons. The zero-order valence-corrected chi connectivity index (χ0v) is 11.9. The van der Waals surface area contributed by atoms with Gasteiger partial charge in [0.15, 0.2) is 11.8 Å². The van der Waals surface area contributed by atoms with Crippen LogP contribution in [0, 0.1) is 5.92 Å². The van der Waals surface area contributed by atoms with Crippen LogP contribution < -0.4 is 5.73 Å². The third-order valence-electron chi connectivity index (χ3n) is 4.05. The Kier molecular flexibility index (Phi) is 4.13. The normalized spacial score (nSPS) is 21.0. The molecule has 2 heterocycles. The summed E-state index contributed by atoms with van der Waals surface area (Å²) in [6.45, 7) is 3.42. The van der Waals surface area contributed by atoms with Gasteiger partial charge in [-0.15, -0.1) is 5.10 Å². The monoisotopic (exact) mass is 277 g/mol. The highest BCUT2D eigenvalue weighted by molar-refractivity contribution is 5.78. The van der Waals surface area contributed by atoms with Crippen molar-refractivity contribution in [2.75, 3.05) is 13.1 Å². The van der Waals surface area contributed by atoms with Gasteiger partial charge in [0.2, 0.25) is 0 Å². The Hall–Kier alpha value is -1.66. The molecule has 1 aromatic heterocycles. The number of nitrogens with zero attached hydrogens (tertiary/aromatic N) is 6. The predicted molar refractivity (Wildman–Crippen MR) is 75.9 cm³/mol. The van der Waals surface area contributed by atoms with Gasteiger partial charge in [-0.1, -0.05) is 12.8 Å². The number of nitrogens with two attached hydrogens (primary N) is 1. The van der Waals surface area contributed by atoms with Gasteiger partial charge >= 0.3 is 0 Å². The van der Waals surface area contributed by atoms with Gasteiger partial charge in [-0.2, -0.15) is 0 Å². The summed E-state index contributed by atoms with van der Waals surface area (Å²) in [6, 6.07) is 0. The van der Waals surface area contributed by atoms with Crippen molar-refractivity contribution in [1.82, 2.24) is 25.1 Å². The van der Waals surface area contributed by atoms with E-state index < -0.39 is 0 Å². The Morgan fingerprint density at radius 3 is 2.65 bits per heavy atom. The molecule has 2 fully saturated rings. The van der Waals surface area contributed by atoms with E-state index in [-0.39, 0.29) is 0 Å². The van der Waals surface area contributed by atoms with Crippen LogP contribution >= 0.6 is 0 Å². The molecular weight excluding hydrogens is 254 g/mol. The first kappa shape index (κ1) is 13.3. The summed E-state index contributed by atoms with van der Waals surface area (Å²) in [5.41, 5.74) is 6.10. The Balaban J connectivity index is 1.58. The minimum absolute atomic E-state index is 0.474. The average molecular weight is 277 g/mol. The lowest BCUT2D eigenvalue weighted by atomic mass is 10.2. The van der Waals surface area contributed by atoms with Gasteiger partial charge in [-0.25, -0.2) is 9.67 Å². The van der Waals surface area contributed by atoms with Gasteiger partial charge < -0.3 is 10.6 Å². The van der Waals surface area contributed by atoms with E-state index in [1.54, 1.807) is 0 Å². The van der Waals surface area contributed by atoms with Crippen molar-refractivity contribution in [3.63, 3.8) is 0 Å². The fourth-order valence-electron chi connectivity index (χ4n) is 2.57. The molecule has 0 bridgehead atoms. The highest BCUT2D eigenvalue weighted by Crippen LogP contribution is 2.30. The topological polar surface area (TPSA) is 85.2 Å². The molecule has 1 aliphatic carbocycles. The van der Waals surface area contributed by atoms with Gasteiger partial charge in [0.25, 0.3) is 0 Å². The van der Waals surface area contributed by atoms with Gasteiger partial charge in [0.05, 0.1) is 0 Å². The van der Waals surface area contributed by atoms with E-state index in [1.165, 1.54) is 38.5 Å². The third kappa shape index (κ3) is 3.46. The van der Waals surface area contributed by atoms with Crippen molar-refractivity contribution in [3.05, 3.63) is 5.82 Å². The number of hydrogen-bond donors (Lipinski definition) is 1. The lowest BCUT2D eigenvalue weighted by Crippen LogP contribution is -2.38. The highest BCUT2D eigenvalue weighted by atomic mass is 15.5. The summed E-state index contributed by atoms with van der Waals surface area (Å²) in [5, 5.41) is 11.8. The summed E-state index contributed by atoms with van der Waals surface area (Å²) in [5.74, 6) is 2.20. The Morgan fingerprint density at radius 2 is 1.95 bits per heavy atom. The molecule has 7 heteroatoms. The molecule has 1 aromatic rings. The van der Waals surface area contributed by atoms with E-state index in [9.17, 15) is 0 Å². The van der Waals surface area contributed by atoms with Crippen molar-refractivity contribution in [3.8, 4) is 0 Å². The SMILES string of the molecule is NC(=NCc1nnnn1CC1CC1)N1CCCCCC1. The minimum Gasteiger partial charge on any atom is -0.370 e. The average Bonchev–Trinajstić information content (AvgIpc) is 3.21. The first-order chi connectivity index (χ1) is 9.83. The molecule has 1 saturated heterocycles. The van der Waals surface area contributed by atoms with Gasteiger partial charge in [-0.3, -0.25) is 0 Å². The summed E-state index contributed by atoms with van der Waals surface area (Å²) in [7, 11) is 0. The number of aromatic nitrogens is 4. The minimum atomic E-state index is 0.474. The van der Waals surface area contributed by atoms with Crippen LogP contribution in [0.4, 0.5) is 0 Å². The van der Waals surface area contributed by atoms with Crippen LogP contribution in [0.2, 0.25) is 0 Å². The summed E-state index contributed by atoms with van der Waals surface area (Å²) < 4.78 is 1.87. The molecule has 0 radical (unpaired) electrons. The first-order valence-electron chi connectivity index (χ1n) is 7.63. The van der Waals surface area contributed by atoms with E-state index >= 15 is 0 Å². The van der Waals surface area contributed by atoms with Crippen LogP contribution in [0.3, 0.4) is 0 Å². The fraction of sp³-hybridized carbons (Fsp3) is 0.846. The van der Waals surface area contributed by atoms with Crippen molar-refractivity contribution >= 4 is 5.96 Å². The number of tetrazole rings is 1. The van der Waals surface area contributed by atoms with E-state index in [2.05, 4.69) is 25.4 Å². The lowest BCUT2D eigenvalue weighted by Gasteiger charge is -2.20. The predicted octanol–water partition coefficient (Wildman–Crippen LogP) is 0.774. The maximum atomic E-state index is 6.10. The van der Waals surface area contributed by atoms with Gasteiger partial charge in [0.1, 0.15) is 6.54 Å². The molecule has 20 heavy (non-hydrogen) atoms. The molecule has 0 unspecified atom stereocenters. The van der Waals surface area contributed by atoms with Crippen LogP contribution in [0.1, 0.15) is 44.3 Å². The second-order valence-electron chi connectivity index (χ2n) is 5.80. The fourth-order valence-corrected chi connectivity index (χ4v) is 2.57. The number of hydrogen-bond acceptors (Lipinski definition) is 4. The maximum absolute atomic E-state index is 6.10. The molecule has 1 saturated carbocycles. The second-order valence-corrected chi connectivity index (χ2v) is 5.80. The van der Waals surface area contributed by atoms with Crippen molar-refractivity contribution in [2.45, 2.75) is 51.6 Å². The van der Waals surface area contributed by atoms with Crippen molar-refractivity contribution in [2.24, 2.45) is 16.6 Å². The van der Waals surface area contributed by atoms with E-state index in [0.29, 0.717) is 12.5 Å². The number of likely N-dealkylation sites (tertiary alicyclic amines) is 1. The molecule has 3 rings (SSSR count). The largest absolute Gasteiger partial charge is 0.370 e. The smallest absolute Gasteiger partial charge is 0.191 e. The Morgan fingerprint density at radius 1 is 1.20 bits per heavy atom. The number of rotatable bonds is 4. The summed E-state index contributed by atoms with van der Waals surface area (Å²) in [6.07, 6.45) is 7.58. The van der Waals surface area contributed by atoms with Gasteiger partial charge in [0, 0.05) is 19.6 Å². The maximum Gasteiger partial charge on any atom is 0.191 e. The Bertz CT molecular complexity index is 455. The van der Waals surface area contributed by atoms with Crippen LogP contribution in [-0.4, -0.2) is 44.2 Å². The molecule has 7 nitrogen and oxygen atoms in total. The number of guanidine groups is 1. The van der Waals surface area contributed by atoms with E-state index in [4.69, 9.17) is 5.73 Å². The Labute approximate surface area is 119 Å². The van der Waals surface area contributed by atoms with Crippen LogP contribution in [0.25, 0.3) is 0 Å². The van der Waals surface area contributed by atoms with E-state index in [0.717, 1.165) is 31.4 Å². The second kappa shape index (κ2) is 6.19. The molecule has 1 aliphatic heterocycles. The van der Waals surface area contributed by atoms with Crippen LogP contribution in [-0.2, 0) is 13.1 Å². The molecule has 2 aliphatic rings.